The quantitative estimate of drug-likeness (QED) is 0.730. The fourth-order valence-corrected chi connectivity index (χ4v) is 3.53. The van der Waals surface area contributed by atoms with Crippen molar-refractivity contribution in [3.8, 4) is 11.5 Å². The number of rotatable bonds is 5. The van der Waals surface area contributed by atoms with Gasteiger partial charge in [0.25, 0.3) is 0 Å². The summed E-state index contributed by atoms with van der Waals surface area (Å²) in [5.74, 6) is -0.561. The molecule has 0 fully saturated rings. The van der Waals surface area contributed by atoms with E-state index in [1.807, 2.05) is 24.3 Å². The second-order valence-electron chi connectivity index (χ2n) is 6.81. The van der Waals surface area contributed by atoms with Crippen LogP contribution in [0.1, 0.15) is 21.5 Å². The van der Waals surface area contributed by atoms with Gasteiger partial charge in [0.2, 0.25) is 0 Å². The molecule has 9 nitrogen and oxygen atoms in total. The van der Waals surface area contributed by atoms with Crippen molar-refractivity contribution < 1.29 is 33.3 Å². The Balaban J connectivity index is 1.97. The third kappa shape index (κ3) is 4.40. The lowest BCUT2D eigenvalue weighted by atomic mass is 9.94. The molecular weight excluding hydrogens is 404 g/mol. The standard InChI is InChI=1S/C22H24N2O7/c1-28-18-10-15(20(25)30-3)16(11-19(18)29-2)23-22(27)24-12-14-8-6-5-7-13(14)9-17(24)21(26)31-4/h5-8,10-11,17H,9,12H2,1-4H3,(H,23,27). The highest BCUT2D eigenvalue weighted by molar-refractivity contribution is 6.02. The first-order valence-corrected chi connectivity index (χ1v) is 9.50. The maximum Gasteiger partial charge on any atom is 0.340 e. The van der Waals surface area contributed by atoms with Crippen LogP contribution in [-0.2, 0) is 27.2 Å². The minimum atomic E-state index is -0.804. The molecule has 0 bridgehead atoms. The Morgan fingerprint density at radius 1 is 0.935 bits per heavy atom. The number of carbonyl (C=O) groups excluding carboxylic acids is 3. The molecule has 0 aromatic heterocycles. The SMILES string of the molecule is COC(=O)c1cc(OC)c(OC)cc1NC(=O)N1Cc2ccccc2CC1C(=O)OC. The smallest absolute Gasteiger partial charge is 0.340 e. The van der Waals surface area contributed by atoms with Crippen LogP contribution < -0.4 is 14.8 Å². The van der Waals surface area contributed by atoms with Gasteiger partial charge in [0.1, 0.15) is 6.04 Å². The summed E-state index contributed by atoms with van der Waals surface area (Å²) in [7, 11) is 5.39. The highest BCUT2D eigenvalue weighted by Crippen LogP contribution is 2.34. The van der Waals surface area contributed by atoms with Crippen LogP contribution in [0.3, 0.4) is 0 Å². The van der Waals surface area contributed by atoms with E-state index in [1.165, 1.54) is 45.5 Å². The number of esters is 2. The lowest BCUT2D eigenvalue weighted by molar-refractivity contribution is -0.146. The lowest BCUT2D eigenvalue weighted by Gasteiger charge is -2.35. The summed E-state index contributed by atoms with van der Waals surface area (Å²) in [6, 6.07) is 9.09. The fourth-order valence-electron chi connectivity index (χ4n) is 3.53. The summed E-state index contributed by atoms with van der Waals surface area (Å²) in [6.07, 6.45) is 0.325. The summed E-state index contributed by atoms with van der Waals surface area (Å²) in [4.78, 5) is 39.3. The molecule has 31 heavy (non-hydrogen) atoms. The summed E-state index contributed by atoms with van der Waals surface area (Å²) >= 11 is 0. The third-order valence-corrected chi connectivity index (χ3v) is 5.15. The van der Waals surface area contributed by atoms with Crippen molar-refractivity contribution in [2.75, 3.05) is 33.8 Å². The second kappa shape index (κ2) is 9.38. The number of hydrogen-bond acceptors (Lipinski definition) is 7. The van der Waals surface area contributed by atoms with Crippen LogP contribution in [0, 0.1) is 0 Å². The maximum absolute atomic E-state index is 13.2. The first-order chi connectivity index (χ1) is 14.9. The van der Waals surface area contributed by atoms with E-state index in [4.69, 9.17) is 18.9 Å². The molecule has 3 rings (SSSR count). The van der Waals surface area contributed by atoms with E-state index in [0.29, 0.717) is 17.9 Å². The molecule has 0 spiro atoms. The second-order valence-corrected chi connectivity index (χ2v) is 6.81. The van der Waals surface area contributed by atoms with Crippen molar-refractivity contribution in [1.82, 2.24) is 4.90 Å². The van der Waals surface area contributed by atoms with Crippen LogP contribution in [0.5, 0.6) is 11.5 Å². The normalized spacial score (nSPS) is 14.8. The number of carbonyl (C=O) groups is 3. The average molecular weight is 428 g/mol. The number of fused-ring (bicyclic) bond motifs is 1. The highest BCUT2D eigenvalue weighted by Gasteiger charge is 2.36. The average Bonchev–Trinajstić information content (AvgIpc) is 2.81. The molecule has 1 N–H and O–H groups in total. The topological polar surface area (TPSA) is 103 Å². The van der Waals surface area contributed by atoms with E-state index in [1.54, 1.807) is 0 Å². The first-order valence-electron chi connectivity index (χ1n) is 9.50. The number of anilines is 1. The van der Waals surface area contributed by atoms with Gasteiger partial charge in [-0.25, -0.2) is 14.4 Å². The summed E-state index contributed by atoms with van der Waals surface area (Å²) < 4.78 is 20.2. The number of ether oxygens (including phenoxy) is 4. The van der Waals surface area contributed by atoms with Crippen LogP contribution in [0.2, 0.25) is 0 Å². The molecule has 1 heterocycles. The Bertz CT molecular complexity index is 1010. The van der Waals surface area contributed by atoms with Crippen molar-refractivity contribution in [2.24, 2.45) is 0 Å². The zero-order valence-corrected chi connectivity index (χ0v) is 17.8. The molecule has 2 amide bonds. The van der Waals surface area contributed by atoms with Gasteiger partial charge >= 0.3 is 18.0 Å². The van der Waals surface area contributed by atoms with Gasteiger partial charge in [-0.2, -0.15) is 0 Å². The summed E-state index contributed by atoms with van der Waals surface area (Å²) in [5, 5.41) is 2.70. The first kappa shape index (κ1) is 21.9. The number of nitrogens with one attached hydrogen (secondary N) is 1. The Kier molecular flexibility index (Phi) is 6.64. The molecular formula is C22H24N2O7. The van der Waals surface area contributed by atoms with Gasteiger partial charge in [0.05, 0.1) is 39.7 Å². The van der Waals surface area contributed by atoms with E-state index < -0.39 is 24.0 Å². The van der Waals surface area contributed by atoms with Crippen molar-refractivity contribution in [3.05, 3.63) is 53.1 Å². The molecule has 1 atom stereocenters. The van der Waals surface area contributed by atoms with E-state index >= 15 is 0 Å². The zero-order chi connectivity index (χ0) is 22.5. The van der Waals surface area contributed by atoms with Gasteiger partial charge in [-0.3, -0.25) is 0 Å². The lowest BCUT2D eigenvalue weighted by Crippen LogP contribution is -2.50. The van der Waals surface area contributed by atoms with Gasteiger partial charge in [0, 0.05) is 25.1 Å². The number of methoxy groups -OCH3 is 4. The van der Waals surface area contributed by atoms with E-state index in [-0.39, 0.29) is 17.8 Å². The van der Waals surface area contributed by atoms with Crippen LogP contribution in [0.15, 0.2) is 36.4 Å². The minimum Gasteiger partial charge on any atom is -0.493 e. The van der Waals surface area contributed by atoms with Crippen LogP contribution in [0.25, 0.3) is 0 Å². The van der Waals surface area contributed by atoms with Gasteiger partial charge < -0.3 is 29.2 Å². The summed E-state index contributed by atoms with van der Waals surface area (Å²) in [6.45, 7) is 0.211. The summed E-state index contributed by atoms with van der Waals surface area (Å²) in [5.41, 5.74) is 2.15. The van der Waals surface area contributed by atoms with Crippen LogP contribution in [0.4, 0.5) is 10.5 Å². The van der Waals surface area contributed by atoms with Crippen molar-refractivity contribution in [1.29, 1.82) is 0 Å². The minimum absolute atomic E-state index is 0.0838. The van der Waals surface area contributed by atoms with Crippen molar-refractivity contribution in [2.45, 2.75) is 19.0 Å². The van der Waals surface area contributed by atoms with Gasteiger partial charge in [-0.1, -0.05) is 24.3 Å². The van der Waals surface area contributed by atoms with Crippen molar-refractivity contribution in [3.63, 3.8) is 0 Å². The molecule has 0 saturated carbocycles. The predicted molar refractivity (Wildman–Crippen MR) is 111 cm³/mol. The van der Waals surface area contributed by atoms with Gasteiger partial charge in [-0.05, 0) is 11.1 Å². The van der Waals surface area contributed by atoms with Gasteiger partial charge in [0.15, 0.2) is 11.5 Å². The molecule has 1 unspecified atom stereocenters. The third-order valence-electron chi connectivity index (χ3n) is 5.15. The Hall–Kier alpha value is -3.75. The Morgan fingerprint density at radius 3 is 2.19 bits per heavy atom. The van der Waals surface area contributed by atoms with Crippen LogP contribution in [-0.4, -0.2) is 57.4 Å². The zero-order valence-electron chi connectivity index (χ0n) is 17.8. The molecule has 1 aliphatic heterocycles. The molecule has 164 valence electrons. The number of nitrogens with zero attached hydrogens (tertiary/aromatic N) is 1. The molecule has 0 radical (unpaired) electrons. The van der Waals surface area contributed by atoms with E-state index in [9.17, 15) is 14.4 Å². The predicted octanol–water partition coefficient (Wildman–Crippen LogP) is 2.62. The van der Waals surface area contributed by atoms with E-state index in [2.05, 4.69) is 5.32 Å². The number of urea groups is 1. The van der Waals surface area contributed by atoms with E-state index in [0.717, 1.165) is 11.1 Å². The monoisotopic (exact) mass is 428 g/mol. The molecule has 0 saturated heterocycles. The highest BCUT2D eigenvalue weighted by atomic mass is 16.5. The Labute approximate surface area is 179 Å². The molecule has 9 heteroatoms. The maximum atomic E-state index is 13.2. The fraction of sp³-hybridized carbons (Fsp3) is 0.318. The largest absolute Gasteiger partial charge is 0.493 e. The van der Waals surface area contributed by atoms with Crippen LogP contribution >= 0.6 is 0 Å². The van der Waals surface area contributed by atoms with Crippen molar-refractivity contribution >= 4 is 23.7 Å². The molecule has 0 aliphatic carbocycles. The molecule has 1 aliphatic rings. The number of hydrogen-bond donors (Lipinski definition) is 1. The molecule has 2 aromatic carbocycles. The number of amides is 2. The Morgan fingerprint density at radius 2 is 1.58 bits per heavy atom. The molecule has 2 aromatic rings. The number of benzene rings is 2. The van der Waals surface area contributed by atoms with Gasteiger partial charge in [-0.15, -0.1) is 0 Å².